The molecule has 2 amide bonds. The molecular weight excluding hydrogens is 432 g/mol. The van der Waals surface area contributed by atoms with Crippen molar-refractivity contribution in [2.75, 3.05) is 0 Å². The Kier molecular flexibility index (Phi) is 6.66. The molecule has 1 aliphatic carbocycles. The Morgan fingerprint density at radius 1 is 1.24 bits per heavy atom. The zero-order chi connectivity index (χ0) is 23.5. The molecule has 0 radical (unpaired) electrons. The number of amides is 2. The smallest absolute Gasteiger partial charge is 0.269 e. The van der Waals surface area contributed by atoms with Gasteiger partial charge in [0.15, 0.2) is 5.65 Å². The number of carbonyl (C=O) groups is 2. The van der Waals surface area contributed by atoms with Crippen LogP contribution in [0.1, 0.15) is 73.4 Å². The van der Waals surface area contributed by atoms with Crippen molar-refractivity contribution in [1.82, 2.24) is 35.0 Å². The predicted octanol–water partition coefficient (Wildman–Crippen LogP) is 3.05. The second kappa shape index (κ2) is 9.63. The van der Waals surface area contributed by atoms with E-state index in [1.807, 2.05) is 19.9 Å². The van der Waals surface area contributed by atoms with Crippen LogP contribution in [0.5, 0.6) is 0 Å². The lowest BCUT2D eigenvalue weighted by atomic mass is 10.0. The van der Waals surface area contributed by atoms with Gasteiger partial charge in [0.2, 0.25) is 12.3 Å². The third-order valence-electron chi connectivity index (χ3n) is 5.57. The first-order chi connectivity index (χ1) is 15.8. The van der Waals surface area contributed by atoms with E-state index in [2.05, 4.69) is 25.8 Å². The van der Waals surface area contributed by atoms with Crippen molar-refractivity contribution in [2.45, 2.75) is 64.6 Å². The fourth-order valence-corrected chi connectivity index (χ4v) is 3.75. The van der Waals surface area contributed by atoms with Crippen LogP contribution in [0.15, 0.2) is 30.7 Å². The molecule has 1 saturated carbocycles. The molecule has 0 saturated heterocycles. The van der Waals surface area contributed by atoms with Gasteiger partial charge in [-0.1, -0.05) is 0 Å². The Morgan fingerprint density at radius 2 is 2.03 bits per heavy atom. The molecule has 1 atom stereocenters. The van der Waals surface area contributed by atoms with Crippen molar-refractivity contribution in [3.05, 3.63) is 47.7 Å². The number of nitrogens with one attached hydrogen (secondary N) is 2. The Balaban J connectivity index is 1.43. The highest BCUT2D eigenvalue weighted by atomic mass is 19.3. The van der Waals surface area contributed by atoms with Gasteiger partial charge in [0.1, 0.15) is 5.69 Å². The van der Waals surface area contributed by atoms with E-state index < -0.39 is 12.8 Å². The minimum Gasteiger partial charge on any atom is -0.349 e. The number of hydrogen-bond acceptors (Lipinski definition) is 5. The quantitative estimate of drug-likeness (QED) is 0.485. The van der Waals surface area contributed by atoms with Crippen molar-refractivity contribution in [2.24, 2.45) is 5.92 Å². The number of carbonyl (C=O) groups excluding carboxylic acids is 2. The highest BCUT2D eigenvalue weighted by molar-refractivity contribution is 5.92. The van der Waals surface area contributed by atoms with E-state index in [0.717, 1.165) is 18.4 Å². The molecule has 3 aromatic heterocycles. The van der Waals surface area contributed by atoms with Gasteiger partial charge >= 0.3 is 0 Å². The summed E-state index contributed by atoms with van der Waals surface area (Å²) in [6.07, 6.45) is 3.75. The lowest BCUT2D eigenvalue weighted by molar-refractivity contribution is -0.122. The summed E-state index contributed by atoms with van der Waals surface area (Å²) in [4.78, 5) is 29.2. The molecule has 176 valence electrons. The zero-order valence-corrected chi connectivity index (χ0v) is 18.5. The lowest BCUT2D eigenvalue weighted by Gasteiger charge is -2.18. The minimum absolute atomic E-state index is 0.0637. The number of rotatable bonds is 10. The number of halogens is 2. The van der Waals surface area contributed by atoms with Crippen LogP contribution in [0.25, 0.3) is 5.65 Å². The Hall–Kier alpha value is -3.37. The fourth-order valence-electron chi connectivity index (χ4n) is 3.75. The summed E-state index contributed by atoms with van der Waals surface area (Å²) in [6.45, 7) is 4.12. The monoisotopic (exact) mass is 459 g/mol. The number of hydrogen-bond donors (Lipinski definition) is 2. The number of fused-ring (bicyclic) bond motifs is 1. The Morgan fingerprint density at radius 3 is 2.73 bits per heavy atom. The van der Waals surface area contributed by atoms with Gasteiger partial charge in [0.25, 0.3) is 5.91 Å². The van der Waals surface area contributed by atoms with Gasteiger partial charge < -0.3 is 10.6 Å². The van der Waals surface area contributed by atoms with Crippen LogP contribution in [0, 0.1) is 5.92 Å². The fraction of sp³-hybridized carbons (Fsp3) is 0.500. The SMILES string of the molecule is CC(C)n1nccc1C(=O)NCc1cn2ncc(C(NC(=O)CCC(F)F)C3CC3)cc2n1. The maximum absolute atomic E-state index is 12.5. The van der Waals surface area contributed by atoms with Crippen LogP contribution in [0.3, 0.4) is 0 Å². The lowest BCUT2D eigenvalue weighted by Crippen LogP contribution is -2.30. The first kappa shape index (κ1) is 22.8. The van der Waals surface area contributed by atoms with Crippen LogP contribution in [-0.2, 0) is 11.3 Å². The van der Waals surface area contributed by atoms with Gasteiger partial charge in [-0.15, -0.1) is 0 Å². The highest BCUT2D eigenvalue weighted by Crippen LogP contribution is 2.41. The number of alkyl halides is 2. The molecule has 33 heavy (non-hydrogen) atoms. The second-order valence-corrected chi connectivity index (χ2v) is 8.57. The van der Waals surface area contributed by atoms with E-state index in [1.54, 1.807) is 33.9 Å². The van der Waals surface area contributed by atoms with E-state index in [1.165, 1.54) is 0 Å². The van der Waals surface area contributed by atoms with Crippen molar-refractivity contribution in [3.63, 3.8) is 0 Å². The van der Waals surface area contributed by atoms with Gasteiger partial charge in [0.05, 0.1) is 30.7 Å². The summed E-state index contributed by atoms with van der Waals surface area (Å²) in [5.74, 6) is -0.365. The summed E-state index contributed by atoms with van der Waals surface area (Å²) < 4.78 is 28.1. The van der Waals surface area contributed by atoms with Crippen molar-refractivity contribution >= 4 is 17.5 Å². The average molecular weight is 460 g/mol. The molecule has 1 fully saturated rings. The van der Waals surface area contributed by atoms with Crippen LogP contribution in [0.2, 0.25) is 0 Å². The van der Waals surface area contributed by atoms with Crippen LogP contribution in [0.4, 0.5) is 8.78 Å². The summed E-state index contributed by atoms with van der Waals surface area (Å²) in [5, 5.41) is 14.3. The van der Waals surface area contributed by atoms with Crippen molar-refractivity contribution in [3.8, 4) is 0 Å². The first-order valence-electron chi connectivity index (χ1n) is 11.0. The van der Waals surface area contributed by atoms with Crippen molar-refractivity contribution < 1.29 is 18.4 Å². The van der Waals surface area contributed by atoms with Gasteiger partial charge in [-0.05, 0) is 50.3 Å². The molecule has 4 rings (SSSR count). The summed E-state index contributed by atoms with van der Waals surface area (Å²) in [6, 6.07) is 3.29. The van der Waals surface area contributed by atoms with Crippen LogP contribution >= 0.6 is 0 Å². The number of nitrogens with zero attached hydrogens (tertiary/aromatic N) is 5. The maximum Gasteiger partial charge on any atom is 0.269 e. The highest BCUT2D eigenvalue weighted by Gasteiger charge is 2.34. The Labute approximate surface area is 189 Å². The Bertz CT molecular complexity index is 1140. The second-order valence-electron chi connectivity index (χ2n) is 8.57. The van der Waals surface area contributed by atoms with E-state index in [-0.39, 0.29) is 42.8 Å². The van der Waals surface area contributed by atoms with Gasteiger partial charge in [-0.2, -0.15) is 10.2 Å². The summed E-state index contributed by atoms with van der Waals surface area (Å²) in [7, 11) is 0. The van der Waals surface area contributed by atoms with E-state index in [4.69, 9.17) is 0 Å². The normalized spacial score (nSPS) is 14.7. The van der Waals surface area contributed by atoms with E-state index in [0.29, 0.717) is 17.0 Å². The van der Waals surface area contributed by atoms with E-state index in [9.17, 15) is 18.4 Å². The largest absolute Gasteiger partial charge is 0.349 e. The maximum atomic E-state index is 12.5. The molecule has 3 aromatic rings. The van der Waals surface area contributed by atoms with Crippen LogP contribution < -0.4 is 10.6 Å². The summed E-state index contributed by atoms with van der Waals surface area (Å²) >= 11 is 0. The molecule has 1 unspecified atom stereocenters. The molecule has 0 spiro atoms. The molecule has 1 aliphatic rings. The van der Waals surface area contributed by atoms with Gasteiger partial charge in [-0.3, -0.25) is 14.3 Å². The predicted molar refractivity (Wildman–Crippen MR) is 116 cm³/mol. The molecule has 3 heterocycles. The molecule has 0 aromatic carbocycles. The first-order valence-corrected chi connectivity index (χ1v) is 11.0. The molecule has 2 N–H and O–H groups in total. The van der Waals surface area contributed by atoms with Gasteiger partial charge in [-0.25, -0.2) is 18.3 Å². The molecule has 0 aliphatic heterocycles. The third-order valence-corrected chi connectivity index (χ3v) is 5.57. The topological polar surface area (TPSA) is 106 Å². The minimum atomic E-state index is -2.50. The number of aromatic nitrogens is 5. The van der Waals surface area contributed by atoms with Gasteiger partial charge in [0, 0.05) is 25.1 Å². The van der Waals surface area contributed by atoms with Crippen molar-refractivity contribution in [1.29, 1.82) is 0 Å². The molecular formula is C22H27F2N7O2. The molecule has 11 heteroatoms. The molecule has 0 bridgehead atoms. The average Bonchev–Trinajstić information content (AvgIpc) is 3.33. The molecule has 9 nitrogen and oxygen atoms in total. The van der Waals surface area contributed by atoms with Crippen LogP contribution in [-0.4, -0.2) is 42.6 Å². The zero-order valence-electron chi connectivity index (χ0n) is 18.5. The summed E-state index contributed by atoms with van der Waals surface area (Å²) in [5.41, 5.74) is 2.48. The third kappa shape index (κ3) is 5.52. The number of imidazole rings is 1. The standard InChI is InChI=1S/C22H27F2N7O2/c1-13(2)31-17(7-8-26-31)22(33)25-11-16-12-30-19(28-16)9-15(10-27-30)21(14-3-4-14)29-20(32)6-5-18(23)24/h7-10,12-14,18,21H,3-6,11H2,1-2H3,(H,25,33)(H,29,32). The van der Waals surface area contributed by atoms with E-state index >= 15 is 0 Å².